The van der Waals surface area contributed by atoms with E-state index in [9.17, 15) is 28.8 Å². The highest BCUT2D eigenvalue weighted by molar-refractivity contribution is 6.34. The van der Waals surface area contributed by atoms with Crippen molar-refractivity contribution in [2.45, 2.75) is 84.0 Å². The van der Waals surface area contributed by atoms with Crippen LogP contribution in [0.15, 0.2) is 18.2 Å². The van der Waals surface area contributed by atoms with Gasteiger partial charge in [-0.05, 0) is 48.8 Å². The number of fused-ring (bicyclic) bond motifs is 2. The zero-order valence-electron chi connectivity index (χ0n) is 22.5. The molecule has 1 saturated carbocycles. The predicted molar refractivity (Wildman–Crippen MR) is 143 cm³/mol. The van der Waals surface area contributed by atoms with Crippen molar-refractivity contribution in [3.05, 3.63) is 28.8 Å². The van der Waals surface area contributed by atoms with Crippen LogP contribution >= 0.6 is 11.6 Å². The maximum Gasteiger partial charge on any atom is 0.305 e. The molecule has 39 heavy (non-hydrogen) atoms. The molecule has 1 aromatic carbocycles. The van der Waals surface area contributed by atoms with Crippen LogP contribution < -0.4 is 16.0 Å². The molecule has 2 aliphatic rings. The van der Waals surface area contributed by atoms with Crippen LogP contribution in [0.4, 0.5) is 5.69 Å². The van der Waals surface area contributed by atoms with E-state index in [1.807, 2.05) is 0 Å². The third kappa shape index (κ3) is 6.95. The van der Waals surface area contributed by atoms with Crippen molar-refractivity contribution >= 4 is 53.2 Å². The number of carboxylic acids is 1. The normalized spacial score (nSPS) is 21.6. The Morgan fingerprint density at radius 2 is 1.85 bits per heavy atom. The van der Waals surface area contributed by atoms with Crippen molar-refractivity contribution in [1.29, 1.82) is 0 Å². The largest absolute Gasteiger partial charge is 0.481 e. The highest BCUT2D eigenvalue weighted by Gasteiger charge is 2.53. The fourth-order valence-corrected chi connectivity index (χ4v) is 5.47. The summed E-state index contributed by atoms with van der Waals surface area (Å²) in [7, 11) is 0. The van der Waals surface area contributed by atoms with Gasteiger partial charge in [-0.1, -0.05) is 39.3 Å². The van der Waals surface area contributed by atoms with Gasteiger partial charge in [-0.25, -0.2) is 0 Å². The van der Waals surface area contributed by atoms with Gasteiger partial charge in [0.15, 0.2) is 0 Å². The molecule has 0 aromatic heterocycles. The van der Waals surface area contributed by atoms with E-state index < -0.39 is 53.7 Å². The highest BCUT2D eigenvalue weighted by atomic mass is 35.5. The second-order valence-electron chi connectivity index (χ2n) is 11.1. The number of benzene rings is 1. The van der Waals surface area contributed by atoms with E-state index in [4.69, 9.17) is 16.7 Å². The average Bonchev–Trinajstić information content (AvgIpc) is 3.48. The Hall–Kier alpha value is -3.47. The second-order valence-corrected chi connectivity index (χ2v) is 11.5. The highest BCUT2D eigenvalue weighted by Crippen LogP contribution is 2.43. The van der Waals surface area contributed by atoms with Crippen LogP contribution in [0.3, 0.4) is 0 Å². The Balaban J connectivity index is 1.82. The van der Waals surface area contributed by atoms with Gasteiger partial charge in [-0.15, -0.1) is 0 Å². The van der Waals surface area contributed by atoms with Crippen molar-refractivity contribution in [3.63, 3.8) is 0 Å². The van der Waals surface area contributed by atoms with Gasteiger partial charge in [0, 0.05) is 18.0 Å². The molecule has 212 valence electrons. The Kier molecular flexibility index (Phi) is 9.37. The van der Waals surface area contributed by atoms with E-state index in [-0.39, 0.29) is 34.9 Å². The van der Waals surface area contributed by atoms with Crippen LogP contribution in [0.2, 0.25) is 5.02 Å². The summed E-state index contributed by atoms with van der Waals surface area (Å²) in [5.74, 6) is -3.15. The standard InChI is InChI=1S/C27H35ClN4O7/c1-5-20(34)30-19-9-7-15(11-18(19)28)24(37)31-23(27(2,3)4)26(39)32-17-8-6-14(10-17)22(32)25(38)29-16(13-33)12-21(35)36/h7,9,11,13-14,16-17,22-23H,5-6,8,10,12H2,1-4H3,(H,29,38)(H,30,34)(H,31,37)(H,35,36)/t14-,16-,17?,22?,23+/m0/s1. The number of likely N-dealkylation sites (tertiary alicyclic amines) is 1. The van der Waals surface area contributed by atoms with Gasteiger partial charge < -0.3 is 30.8 Å². The first-order chi connectivity index (χ1) is 18.3. The fourth-order valence-electron chi connectivity index (χ4n) is 5.24. The van der Waals surface area contributed by atoms with Crippen LogP contribution in [0.1, 0.15) is 70.2 Å². The first-order valence-corrected chi connectivity index (χ1v) is 13.3. The number of carboxylic acid groups (broad SMARTS) is 1. The number of hydrogen-bond donors (Lipinski definition) is 4. The maximum atomic E-state index is 14.0. The third-order valence-corrected chi connectivity index (χ3v) is 7.52. The smallest absolute Gasteiger partial charge is 0.305 e. The summed E-state index contributed by atoms with van der Waals surface area (Å²) in [6, 6.07) is 1.13. The molecule has 2 fully saturated rings. The fraction of sp³-hybridized carbons (Fsp3) is 0.556. The molecule has 4 amide bonds. The van der Waals surface area contributed by atoms with E-state index >= 15 is 0 Å². The van der Waals surface area contributed by atoms with Gasteiger partial charge in [0.25, 0.3) is 5.91 Å². The molecular formula is C27H35ClN4O7. The molecule has 1 heterocycles. The van der Waals surface area contributed by atoms with Gasteiger partial charge in [-0.2, -0.15) is 0 Å². The molecule has 12 heteroatoms. The Morgan fingerprint density at radius 3 is 2.41 bits per heavy atom. The maximum absolute atomic E-state index is 14.0. The minimum atomic E-state index is -1.23. The van der Waals surface area contributed by atoms with Crippen LogP contribution in [0.25, 0.3) is 0 Å². The lowest BCUT2D eigenvalue weighted by molar-refractivity contribution is -0.147. The Bertz CT molecular complexity index is 1170. The molecule has 2 bridgehead atoms. The van der Waals surface area contributed by atoms with Crippen LogP contribution in [-0.4, -0.2) is 70.1 Å². The van der Waals surface area contributed by atoms with Gasteiger partial charge in [0.1, 0.15) is 18.4 Å². The van der Waals surface area contributed by atoms with E-state index in [1.54, 1.807) is 27.7 Å². The summed E-state index contributed by atoms with van der Waals surface area (Å²) >= 11 is 6.27. The summed E-state index contributed by atoms with van der Waals surface area (Å²) in [6.07, 6.45) is 2.11. The molecule has 2 unspecified atom stereocenters. The minimum absolute atomic E-state index is 0.128. The molecule has 1 aliphatic heterocycles. The van der Waals surface area contributed by atoms with Crippen molar-refractivity contribution in [2.24, 2.45) is 11.3 Å². The number of rotatable bonds is 10. The summed E-state index contributed by atoms with van der Waals surface area (Å²) in [5.41, 5.74) is -0.179. The van der Waals surface area contributed by atoms with Gasteiger partial charge in [0.05, 0.1) is 23.2 Å². The zero-order chi connectivity index (χ0) is 29.1. The number of carbonyl (C=O) groups excluding carboxylic acids is 5. The quantitative estimate of drug-likeness (QED) is 0.318. The van der Waals surface area contributed by atoms with E-state index in [0.29, 0.717) is 24.8 Å². The summed E-state index contributed by atoms with van der Waals surface area (Å²) in [5, 5.41) is 17.1. The number of piperidine rings is 1. The monoisotopic (exact) mass is 562 g/mol. The lowest BCUT2D eigenvalue weighted by Crippen LogP contribution is -2.61. The number of hydrogen-bond acceptors (Lipinski definition) is 6. The number of nitrogens with one attached hydrogen (secondary N) is 3. The Labute approximate surface area is 232 Å². The van der Waals surface area contributed by atoms with Gasteiger partial charge >= 0.3 is 5.97 Å². The van der Waals surface area contributed by atoms with E-state index in [1.165, 1.54) is 23.1 Å². The molecule has 1 aliphatic carbocycles. The molecule has 3 rings (SSSR count). The number of aliphatic carboxylic acids is 1. The van der Waals surface area contributed by atoms with Gasteiger partial charge in [-0.3, -0.25) is 24.0 Å². The molecule has 5 atom stereocenters. The first kappa shape index (κ1) is 30.1. The lowest BCUT2D eigenvalue weighted by Gasteiger charge is -2.40. The zero-order valence-corrected chi connectivity index (χ0v) is 23.2. The van der Waals surface area contributed by atoms with Crippen molar-refractivity contribution in [3.8, 4) is 0 Å². The van der Waals surface area contributed by atoms with Crippen LogP contribution in [0, 0.1) is 11.3 Å². The number of halogens is 1. The van der Waals surface area contributed by atoms with Gasteiger partial charge in [0.2, 0.25) is 17.7 Å². The number of carbonyl (C=O) groups is 6. The number of nitrogens with zero attached hydrogens (tertiary/aromatic N) is 1. The van der Waals surface area contributed by atoms with E-state index in [2.05, 4.69) is 16.0 Å². The average molecular weight is 563 g/mol. The van der Waals surface area contributed by atoms with Crippen molar-refractivity contribution in [1.82, 2.24) is 15.5 Å². The summed E-state index contributed by atoms with van der Waals surface area (Å²) in [6.45, 7) is 7.09. The predicted octanol–water partition coefficient (Wildman–Crippen LogP) is 2.37. The topological polar surface area (TPSA) is 162 Å². The summed E-state index contributed by atoms with van der Waals surface area (Å²) in [4.78, 5) is 76.0. The van der Waals surface area contributed by atoms with E-state index in [0.717, 1.165) is 6.42 Å². The number of anilines is 1. The second kappa shape index (κ2) is 12.1. The molecule has 11 nitrogen and oxygen atoms in total. The van der Waals surface area contributed by atoms with Crippen LogP contribution in [-0.2, 0) is 24.0 Å². The van der Waals surface area contributed by atoms with Crippen LogP contribution in [0.5, 0.6) is 0 Å². The first-order valence-electron chi connectivity index (χ1n) is 13.0. The summed E-state index contributed by atoms with van der Waals surface area (Å²) < 4.78 is 0. The molecular weight excluding hydrogens is 528 g/mol. The lowest BCUT2D eigenvalue weighted by atomic mass is 9.84. The third-order valence-electron chi connectivity index (χ3n) is 7.21. The molecule has 1 aromatic rings. The molecule has 4 N–H and O–H groups in total. The molecule has 0 spiro atoms. The SMILES string of the molecule is CCC(=O)Nc1ccc(C(=O)N[C@H](C(=O)N2C3CC[C@@H](C3)C2C(=O)N[C@H](C=O)CC(=O)O)C(C)(C)C)cc1Cl. The number of amides is 4. The van der Waals surface area contributed by atoms with Crippen molar-refractivity contribution in [2.75, 3.05) is 5.32 Å². The van der Waals surface area contributed by atoms with Crippen molar-refractivity contribution < 1.29 is 33.9 Å². The Morgan fingerprint density at radius 1 is 1.15 bits per heavy atom. The minimum Gasteiger partial charge on any atom is -0.481 e. The molecule has 1 saturated heterocycles. The number of aldehydes is 1. The molecule has 0 radical (unpaired) electrons.